The quantitative estimate of drug-likeness (QED) is 0.585. The number of rotatable bonds is 9. The van der Waals surface area contributed by atoms with E-state index in [2.05, 4.69) is 10.0 Å². The first-order valence-electron chi connectivity index (χ1n) is 9.34. The van der Waals surface area contributed by atoms with Crippen molar-refractivity contribution >= 4 is 21.9 Å². The first kappa shape index (κ1) is 23.4. The monoisotopic (exact) mass is 434 g/mol. The molecular formula is C21H26N2O6S. The molecule has 0 bridgehead atoms. The molecule has 0 radical (unpaired) electrons. The molecular weight excluding hydrogens is 408 g/mol. The van der Waals surface area contributed by atoms with Gasteiger partial charge in [0.25, 0.3) is 0 Å². The van der Waals surface area contributed by atoms with Crippen molar-refractivity contribution in [3.05, 3.63) is 59.7 Å². The molecule has 0 aliphatic rings. The number of benzene rings is 2. The molecule has 0 aromatic heterocycles. The van der Waals surface area contributed by atoms with Crippen LogP contribution in [0.25, 0.3) is 0 Å². The van der Waals surface area contributed by atoms with Crippen LogP contribution in [-0.4, -0.2) is 40.1 Å². The van der Waals surface area contributed by atoms with Crippen LogP contribution >= 0.6 is 0 Å². The first-order valence-corrected chi connectivity index (χ1v) is 10.8. The fourth-order valence-corrected chi connectivity index (χ4v) is 4.06. The van der Waals surface area contributed by atoms with Crippen molar-refractivity contribution in [2.24, 2.45) is 0 Å². The van der Waals surface area contributed by atoms with Crippen molar-refractivity contribution in [1.82, 2.24) is 10.0 Å². The summed E-state index contributed by atoms with van der Waals surface area (Å²) in [6, 6.07) is 10.4. The average molecular weight is 435 g/mol. The first-order chi connectivity index (χ1) is 14.2. The average Bonchev–Trinajstić information content (AvgIpc) is 2.71. The fourth-order valence-electron chi connectivity index (χ4n) is 2.82. The summed E-state index contributed by atoms with van der Waals surface area (Å²) in [5, 5.41) is 2.50. The predicted molar refractivity (Wildman–Crippen MR) is 111 cm³/mol. The number of amides is 1. The second-order valence-corrected chi connectivity index (χ2v) is 8.33. The number of hydrogen-bond acceptors (Lipinski definition) is 6. The van der Waals surface area contributed by atoms with Crippen LogP contribution in [0.3, 0.4) is 0 Å². The number of methoxy groups -OCH3 is 1. The van der Waals surface area contributed by atoms with Crippen LogP contribution in [0.1, 0.15) is 31.0 Å². The number of carbonyl (C=O) groups excluding carboxylic acids is 2. The molecule has 1 amide bonds. The minimum atomic E-state index is -4.01. The number of sulfonamides is 1. The van der Waals surface area contributed by atoms with Crippen molar-refractivity contribution in [3.8, 4) is 5.75 Å². The van der Waals surface area contributed by atoms with Crippen LogP contribution in [0.2, 0.25) is 0 Å². The van der Waals surface area contributed by atoms with Crippen LogP contribution in [-0.2, 0) is 24.3 Å². The van der Waals surface area contributed by atoms with E-state index in [1.165, 1.54) is 26.2 Å². The Balaban J connectivity index is 2.51. The molecule has 8 nitrogen and oxygen atoms in total. The zero-order valence-electron chi connectivity index (χ0n) is 17.3. The van der Waals surface area contributed by atoms with E-state index in [-0.39, 0.29) is 11.5 Å². The summed E-state index contributed by atoms with van der Waals surface area (Å²) >= 11 is 0. The molecule has 0 heterocycles. The normalized spacial score (nSPS) is 13.2. The topological polar surface area (TPSA) is 111 Å². The zero-order chi connectivity index (χ0) is 22.3. The van der Waals surface area contributed by atoms with Gasteiger partial charge in [-0.1, -0.05) is 29.8 Å². The summed E-state index contributed by atoms with van der Waals surface area (Å²) in [5.74, 6) is -0.688. The maximum atomic E-state index is 13.0. The highest BCUT2D eigenvalue weighted by atomic mass is 32.2. The smallest absolute Gasteiger partial charge is 0.330 e. The van der Waals surface area contributed by atoms with Gasteiger partial charge >= 0.3 is 5.97 Å². The van der Waals surface area contributed by atoms with Gasteiger partial charge in [-0.2, -0.15) is 0 Å². The molecule has 0 fully saturated rings. The number of hydrogen-bond donors (Lipinski definition) is 2. The third-order valence-electron chi connectivity index (χ3n) is 4.32. The molecule has 2 atom stereocenters. The van der Waals surface area contributed by atoms with E-state index < -0.39 is 34.0 Å². The molecule has 0 aliphatic carbocycles. The van der Waals surface area contributed by atoms with E-state index in [0.29, 0.717) is 11.3 Å². The van der Waals surface area contributed by atoms with Gasteiger partial charge in [-0.3, -0.25) is 4.79 Å². The SMILES string of the molecule is CCOC(=O)[C@@H](NC(C)=O)[C@@H](NS(=O)(=O)c1ccc(C)cc1)c1ccc(OC)cc1. The number of carbonyl (C=O) groups is 2. The second kappa shape index (κ2) is 10.2. The molecule has 0 saturated carbocycles. The maximum Gasteiger partial charge on any atom is 0.330 e. The van der Waals surface area contributed by atoms with Crippen molar-refractivity contribution in [1.29, 1.82) is 0 Å². The largest absolute Gasteiger partial charge is 0.497 e. The minimum absolute atomic E-state index is 0.0389. The Morgan fingerprint density at radius 1 is 1.03 bits per heavy atom. The van der Waals surface area contributed by atoms with Gasteiger partial charge in [0, 0.05) is 6.92 Å². The molecule has 2 rings (SSSR count). The Morgan fingerprint density at radius 2 is 1.63 bits per heavy atom. The lowest BCUT2D eigenvalue weighted by molar-refractivity contribution is -0.148. The lowest BCUT2D eigenvalue weighted by Gasteiger charge is -2.27. The van der Waals surface area contributed by atoms with E-state index in [9.17, 15) is 18.0 Å². The molecule has 30 heavy (non-hydrogen) atoms. The fraction of sp³-hybridized carbons (Fsp3) is 0.333. The molecule has 2 aromatic carbocycles. The Kier molecular flexibility index (Phi) is 7.96. The maximum absolute atomic E-state index is 13.0. The number of esters is 1. The summed E-state index contributed by atoms with van der Waals surface area (Å²) in [5.41, 5.74) is 1.36. The van der Waals surface area contributed by atoms with Gasteiger partial charge < -0.3 is 14.8 Å². The molecule has 9 heteroatoms. The van der Waals surface area contributed by atoms with E-state index in [0.717, 1.165) is 5.56 Å². The van der Waals surface area contributed by atoms with Crippen LogP contribution in [0.4, 0.5) is 0 Å². The Hall–Kier alpha value is -2.91. The van der Waals surface area contributed by atoms with E-state index in [4.69, 9.17) is 9.47 Å². The van der Waals surface area contributed by atoms with E-state index in [1.807, 2.05) is 6.92 Å². The van der Waals surface area contributed by atoms with E-state index >= 15 is 0 Å². The highest BCUT2D eigenvalue weighted by Crippen LogP contribution is 2.24. The van der Waals surface area contributed by atoms with Crippen molar-refractivity contribution in [2.75, 3.05) is 13.7 Å². The standard InChI is InChI=1S/C21H26N2O6S/c1-5-29-21(25)20(22-15(3)24)19(16-8-10-17(28-4)11-9-16)23-30(26,27)18-12-6-14(2)7-13-18/h6-13,19-20,23H,5H2,1-4H3,(H,22,24)/t19-,20-/m0/s1. The summed E-state index contributed by atoms with van der Waals surface area (Å²) < 4.78 is 38.8. The van der Waals surface area contributed by atoms with Gasteiger partial charge in [-0.15, -0.1) is 0 Å². The van der Waals surface area contributed by atoms with Gasteiger partial charge in [0.2, 0.25) is 15.9 Å². The number of ether oxygens (including phenoxy) is 2. The second-order valence-electron chi connectivity index (χ2n) is 6.62. The third-order valence-corrected chi connectivity index (χ3v) is 5.78. The highest BCUT2D eigenvalue weighted by molar-refractivity contribution is 7.89. The number of nitrogens with one attached hydrogen (secondary N) is 2. The van der Waals surface area contributed by atoms with Crippen molar-refractivity contribution in [3.63, 3.8) is 0 Å². The molecule has 0 aliphatic heterocycles. The van der Waals surface area contributed by atoms with Crippen molar-refractivity contribution < 1.29 is 27.5 Å². The Bertz CT molecular complexity index is 972. The van der Waals surface area contributed by atoms with Crippen LogP contribution in [0.15, 0.2) is 53.4 Å². The van der Waals surface area contributed by atoms with Gasteiger partial charge in [-0.05, 0) is 43.7 Å². The summed E-state index contributed by atoms with van der Waals surface area (Å²) in [4.78, 5) is 24.4. The van der Waals surface area contributed by atoms with Crippen molar-refractivity contribution in [2.45, 2.75) is 37.8 Å². The van der Waals surface area contributed by atoms with Gasteiger partial charge in [0.15, 0.2) is 0 Å². The molecule has 0 unspecified atom stereocenters. The van der Waals surface area contributed by atoms with Crippen LogP contribution < -0.4 is 14.8 Å². The summed E-state index contributed by atoms with van der Waals surface area (Å²) in [7, 11) is -2.50. The molecule has 0 saturated heterocycles. The summed E-state index contributed by atoms with van der Waals surface area (Å²) in [6.07, 6.45) is 0. The third kappa shape index (κ3) is 6.04. The molecule has 162 valence electrons. The van der Waals surface area contributed by atoms with Gasteiger partial charge in [0.1, 0.15) is 11.8 Å². The van der Waals surface area contributed by atoms with E-state index in [1.54, 1.807) is 43.3 Å². The predicted octanol–water partition coefficient (Wildman–Crippen LogP) is 2.09. The molecule has 2 N–H and O–H groups in total. The lowest BCUT2D eigenvalue weighted by Crippen LogP contribution is -2.50. The number of aryl methyl sites for hydroxylation is 1. The van der Waals surface area contributed by atoms with Gasteiger partial charge in [0.05, 0.1) is 24.7 Å². The molecule has 0 spiro atoms. The van der Waals surface area contributed by atoms with Gasteiger partial charge in [-0.25, -0.2) is 17.9 Å². The zero-order valence-corrected chi connectivity index (χ0v) is 18.2. The lowest BCUT2D eigenvalue weighted by atomic mass is 10.00. The molecule has 2 aromatic rings. The Morgan fingerprint density at radius 3 is 2.13 bits per heavy atom. The minimum Gasteiger partial charge on any atom is -0.497 e. The van der Waals surface area contributed by atoms with Crippen LogP contribution in [0, 0.1) is 6.92 Å². The summed E-state index contributed by atoms with van der Waals surface area (Å²) in [6.45, 7) is 4.79. The highest BCUT2D eigenvalue weighted by Gasteiger charge is 2.35. The van der Waals surface area contributed by atoms with Crippen LogP contribution in [0.5, 0.6) is 5.75 Å². The Labute approximate surface area is 176 Å².